The summed E-state index contributed by atoms with van der Waals surface area (Å²) in [5.74, 6) is 0.0987. The molecule has 0 saturated heterocycles. The van der Waals surface area contributed by atoms with Crippen LogP contribution in [0.5, 0.6) is 5.75 Å². The number of anilines is 1. The fraction of sp³-hybridized carbons (Fsp3) is 0.167. The van der Waals surface area contributed by atoms with E-state index in [1.807, 2.05) is 6.92 Å². The van der Waals surface area contributed by atoms with Crippen LogP contribution in [0, 0.1) is 0 Å². The van der Waals surface area contributed by atoms with Crippen molar-refractivity contribution in [1.82, 2.24) is 0 Å². The molecule has 1 aliphatic heterocycles. The number of hydrogen-bond donors (Lipinski definition) is 0. The summed E-state index contributed by atoms with van der Waals surface area (Å²) in [6.07, 6.45) is 2.53. The molecule has 2 amide bonds. The Morgan fingerprint density at radius 1 is 1.06 bits per heavy atom. The van der Waals surface area contributed by atoms with E-state index in [1.165, 1.54) is 12.2 Å². The molecule has 1 aliphatic rings. The zero-order chi connectivity index (χ0) is 11.5. The van der Waals surface area contributed by atoms with Gasteiger partial charge in [0.25, 0.3) is 11.8 Å². The van der Waals surface area contributed by atoms with Gasteiger partial charge in [-0.1, -0.05) is 0 Å². The number of hydrogen-bond acceptors (Lipinski definition) is 3. The van der Waals surface area contributed by atoms with Crippen molar-refractivity contribution in [2.24, 2.45) is 0 Å². The summed E-state index contributed by atoms with van der Waals surface area (Å²) in [5.41, 5.74) is 0.559. The molecule has 0 aromatic heterocycles. The van der Waals surface area contributed by atoms with Gasteiger partial charge in [-0.2, -0.15) is 0 Å². The maximum atomic E-state index is 11.4. The second kappa shape index (κ2) is 4.18. The van der Waals surface area contributed by atoms with E-state index in [4.69, 9.17) is 4.74 Å². The Bertz CT molecular complexity index is 430. The molecule has 0 unspecified atom stereocenters. The number of imide groups is 1. The van der Waals surface area contributed by atoms with Crippen molar-refractivity contribution in [3.63, 3.8) is 0 Å². The van der Waals surface area contributed by atoms with Crippen molar-refractivity contribution < 1.29 is 14.3 Å². The monoisotopic (exact) mass is 217 g/mol. The number of amides is 2. The quantitative estimate of drug-likeness (QED) is 0.721. The second-order valence-electron chi connectivity index (χ2n) is 3.27. The Kier molecular flexibility index (Phi) is 2.72. The van der Waals surface area contributed by atoms with Gasteiger partial charge in [0.15, 0.2) is 0 Å². The van der Waals surface area contributed by atoms with Crippen molar-refractivity contribution >= 4 is 17.5 Å². The normalized spacial score (nSPS) is 14.7. The average Bonchev–Trinajstić information content (AvgIpc) is 2.61. The van der Waals surface area contributed by atoms with Crippen molar-refractivity contribution in [3.05, 3.63) is 36.4 Å². The van der Waals surface area contributed by atoms with E-state index in [9.17, 15) is 9.59 Å². The summed E-state index contributed by atoms with van der Waals surface area (Å²) >= 11 is 0. The van der Waals surface area contributed by atoms with Gasteiger partial charge in [0.1, 0.15) is 5.75 Å². The number of carbonyl (C=O) groups is 2. The largest absolute Gasteiger partial charge is 0.494 e. The van der Waals surface area contributed by atoms with Crippen LogP contribution in [-0.4, -0.2) is 18.4 Å². The molecule has 4 heteroatoms. The molecule has 2 rings (SSSR count). The Hall–Kier alpha value is -2.10. The first-order valence-corrected chi connectivity index (χ1v) is 5.01. The van der Waals surface area contributed by atoms with Gasteiger partial charge in [0, 0.05) is 12.2 Å². The van der Waals surface area contributed by atoms with Crippen molar-refractivity contribution in [2.45, 2.75) is 6.92 Å². The first-order valence-electron chi connectivity index (χ1n) is 5.01. The van der Waals surface area contributed by atoms with E-state index >= 15 is 0 Å². The maximum absolute atomic E-state index is 11.4. The summed E-state index contributed by atoms with van der Waals surface area (Å²) in [7, 11) is 0. The van der Waals surface area contributed by atoms with Gasteiger partial charge in [-0.05, 0) is 31.2 Å². The molecule has 1 aromatic carbocycles. The summed E-state index contributed by atoms with van der Waals surface area (Å²) in [5, 5.41) is 0. The fourth-order valence-electron chi connectivity index (χ4n) is 1.51. The molecule has 1 aromatic rings. The fourth-order valence-corrected chi connectivity index (χ4v) is 1.51. The lowest BCUT2D eigenvalue weighted by atomic mass is 10.3. The number of carbonyl (C=O) groups excluding carboxylic acids is 2. The molecule has 82 valence electrons. The highest BCUT2D eigenvalue weighted by atomic mass is 16.5. The molecule has 0 aliphatic carbocycles. The third-order valence-electron chi connectivity index (χ3n) is 2.22. The number of ether oxygens (including phenoxy) is 1. The molecule has 0 saturated carbocycles. The third kappa shape index (κ3) is 1.82. The lowest BCUT2D eigenvalue weighted by Gasteiger charge is -2.14. The summed E-state index contributed by atoms with van der Waals surface area (Å²) in [6, 6.07) is 6.84. The zero-order valence-corrected chi connectivity index (χ0v) is 8.84. The van der Waals surface area contributed by atoms with Crippen LogP contribution >= 0.6 is 0 Å². The second-order valence-corrected chi connectivity index (χ2v) is 3.27. The zero-order valence-electron chi connectivity index (χ0n) is 8.84. The molecule has 0 N–H and O–H groups in total. The first-order chi connectivity index (χ1) is 7.72. The van der Waals surface area contributed by atoms with E-state index in [2.05, 4.69) is 0 Å². The molecular weight excluding hydrogens is 206 g/mol. The van der Waals surface area contributed by atoms with Crippen molar-refractivity contribution in [3.8, 4) is 5.75 Å². The molecule has 1 heterocycles. The molecular formula is C12H11NO3. The highest BCUT2D eigenvalue weighted by Gasteiger charge is 2.24. The molecule has 4 nitrogen and oxygen atoms in total. The minimum absolute atomic E-state index is 0.311. The Labute approximate surface area is 93.1 Å². The lowest BCUT2D eigenvalue weighted by Crippen LogP contribution is -2.29. The number of benzene rings is 1. The van der Waals surface area contributed by atoms with E-state index in [0.29, 0.717) is 12.3 Å². The van der Waals surface area contributed by atoms with Crippen molar-refractivity contribution in [1.29, 1.82) is 0 Å². The van der Waals surface area contributed by atoms with Crippen molar-refractivity contribution in [2.75, 3.05) is 11.5 Å². The Morgan fingerprint density at radius 3 is 2.12 bits per heavy atom. The highest BCUT2D eigenvalue weighted by molar-refractivity contribution is 6.28. The highest BCUT2D eigenvalue weighted by Crippen LogP contribution is 2.22. The minimum Gasteiger partial charge on any atom is -0.494 e. The van der Waals surface area contributed by atoms with Crippen LogP contribution < -0.4 is 9.64 Å². The molecule has 0 atom stereocenters. The molecule has 16 heavy (non-hydrogen) atoms. The topological polar surface area (TPSA) is 46.6 Å². The predicted molar refractivity (Wildman–Crippen MR) is 59.2 cm³/mol. The van der Waals surface area contributed by atoms with E-state index in [-0.39, 0.29) is 11.8 Å². The first kappa shape index (κ1) is 10.4. The Balaban J connectivity index is 2.22. The smallest absolute Gasteiger partial charge is 0.258 e. The molecule has 0 radical (unpaired) electrons. The number of rotatable bonds is 3. The number of nitrogens with zero attached hydrogens (tertiary/aromatic N) is 1. The van der Waals surface area contributed by atoms with Gasteiger partial charge in [-0.25, -0.2) is 4.90 Å². The average molecular weight is 217 g/mol. The van der Waals surface area contributed by atoms with Crippen LogP contribution in [0.25, 0.3) is 0 Å². The molecule has 0 fully saturated rings. The minimum atomic E-state index is -0.311. The standard InChI is InChI=1S/C12H11NO3/c1-2-16-10-5-3-9(4-6-10)13-11(14)7-8-12(13)15/h3-8H,2H2,1H3. The predicted octanol–water partition coefficient (Wildman–Crippen LogP) is 1.51. The molecule has 0 spiro atoms. The van der Waals surface area contributed by atoms with Crippen LogP contribution in [0.3, 0.4) is 0 Å². The van der Waals surface area contributed by atoms with Gasteiger partial charge in [0.2, 0.25) is 0 Å². The van der Waals surface area contributed by atoms with E-state index in [1.54, 1.807) is 24.3 Å². The maximum Gasteiger partial charge on any atom is 0.258 e. The SMILES string of the molecule is CCOc1ccc(N2C(=O)C=CC2=O)cc1. The Morgan fingerprint density at radius 2 is 1.62 bits per heavy atom. The van der Waals surface area contributed by atoms with E-state index < -0.39 is 0 Å². The molecule has 0 bridgehead atoms. The summed E-state index contributed by atoms with van der Waals surface area (Å²) in [4.78, 5) is 23.9. The van der Waals surface area contributed by atoms with Gasteiger partial charge < -0.3 is 4.74 Å². The van der Waals surface area contributed by atoms with Gasteiger partial charge in [-0.3, -0.25) is 9.59 Å². The summed E-state index contributed by atoms with van der Waals surface area (Å²) < 4.78 is 5.27. The van der Waals surface area contributed by atoms with Crippen LogP contribution in [-0.2, 0) is 9.59 Å². The van der Waals surface area contributed by atoms with Crippen LogP contribution in [0.1, 0.15) is 6.92 Å². The third-order valence-corrected chi connectivity index (χ3v) is 2.22. The van der Waals surface area contributed by atoms with Crippen LogP contribution in [0.15, 0.2) is 36.4 Å². The van der Waals surface area contributed by atoms with Gasteiger partial charge in [0.05, 0.1) is 12.3 Å². The van der Waals surface area contributed by atoms with Gasteiger partial charge >= 0.3 is 0 Å². The van der Waals surface area contributed by atoms with Crippen LogP contribution in [0.2, 0.25) is 0 Å². The van der Waals surface area contributed by atoms with Crippen LogP contribution in [0.4, 0.5) is 5.69 Å². The van der Waals surface area contributed by atoms with Gasteiger partial charge in [-0.15, -0.1) is 0 Å². The summed E-state index contributed by atoms with van der Waals surface area (Å²) in [6.45, 7) is 2.48. The lowest BCUT2D eigenvalue weighted by molar-refractivity contribution is -0.119. The van der Waals surface area contributed by atoms with E-state index in [0.717, 1.165) is 10.6 Å².